The van der Waals surface area contributed by atoms with Crippen molar-refractivity contribution in [2.45, 2.75) is 51.4 Å². The maximum Gasteiger partial charge on any atom is 0.137 e. The molecule has 0 atom stereocenters. The number of allylic oxidation sites excluding steroid dienone is 4. The first-order valence-electron chi connectivity index (χ1n) is 17.9. The second kappa shape index (κ2) is 10.5. The predicted molar refractivity (Wildman–Crippen MR) is 210 cm³/mol. The molecule has 0 amide bonds. The van der Waals surface area contributed by atoms with Gasteiger partial charge in [-0.1, -0.05) is 124 Å². The van der Waals surface area contributed by atoms with Crippen LogP contribution in [-0.4, -0.2) is 0 Å². The topological polar surface area (TPSA) is 16.4 Å². The van der Waals surface area contributed by atoms with E-state index in [0.29, 0.717) is 0 Å². The molecule has 242 valence electrons. The van der Waals surface area contributed by atoms with Gasteiger partial charge in [0.15, 0.2) is 0 Å². The molecule has 0 saturated carbocycles. The summed E-state index contributed by atoms with van der Waals surface area (Å²) in [4.78, 5) is 2.46. The molecule has 2 nitrogen and oxygen atoms in total. The third-order valence-corrected chi connectivity index (χ3v) is 11.8. The second-order valence-corrected chi connectivity index (χ2v) is 15.3. The summed E-state index contributed by atoms with van der Waals surface area (Å²) in [5, 5.41) is 2.28. The van der Waals surface area contributed by atoms with Crippen molar-refractivity contribution < 1.29 is 4.42 Å². The Morgan fingerprint density at radius 1 is 0.560 bits per heavy atom. The molecule has 6 aromatic carbocycles. The van der Waals surface area contributed by atoms with Crippen LogP contribution in [0.4, 0.5) is 17.1 Å². The number of hydrogen-bond donors (Lipinski definition) is 0. The zero-order chi connectivity index (χ0) is 33.8. The lowest BCUT2D eigenvalue weighted by molar-refractivity contribution is 0.607. The molecule has 1 heterocycles. The van der Waals surface area contributed by atoms with Crippen LogP contribution in [0.15, 0.2) is 150 Å². The number of fused-ring (bicyclic) bond motifs is 8. The molecule has 3 aliphatic carbocycles. The molecule has 0 bridgehead atoms. The summed E-state index contributed by atoms with van der Waals surface area (Å²) in [5.74, 6) is 0. The highest BCUT2D eigenvalue weighted by molar-refractivity contribution is 6.15. The zero-order valence-electron chi connectivity index (χ0n) is 29.0. The maximum absolute atomic E-state index is 6.76. The van der Waals surface area contributed by atoms with Crippen molar-refractivity contribution in [2.24, 2.45) is 0 Å². The van der Waals surface area contributed by atoms with Crippen LogP contribution in [0.1, 0.15) is 62.8 Å². The smallest absolute Gasteiger partial charge is 0.137 e. The van der Waals surface area contributed by atoms with Gasteiger partial charge in [0.1, 0.15) is 11.2 Å². The summed E-state index contributed by atoms with van der Waals surface area (Å²) in [5.41, 5.74) is 18.6. The molecule has 0 saturated heterocycles. The minimum atomic E-state index is -0.0918. The van der Waals surface area contributed by atoms with Crippen LogP contribution in [0.5, 0.6) is 0 Å². The lowest BCUT2D eigenvalue weighted by Crippen LogP contribution is -2.19. The number of benzene rings is 6. The third-order valence-electron chi connectivity index (χ3n) is 11.8. The van der Waals surface area contributed by atoms with Crippen LogP contribution < -0.4 is 4.90 Å². The number of anilines is 3. The molecule has 0 spiro atoms. The van der Waals surface area contributed by atoms with Crippen LogP contribution in [0.3, 0.4) is 0 Å². The van der Waals surface area contributed by atoms with Gasteiger partial charge >= 0.3 is 0 Å². The van der Waals surface area contributed by atoms with E-state index >= 15 is 0 Å². The lowest BCUT2D eigenvalue weighted by atomic mass is 9.78. The van der Waals surface area contributed by atoms with Crippen molar-refractivity contribution in [1.82, 2.24) is 0 Å². The highest BCUT2D eigenvalue weighted by Gasteiger charge is 2.39. The predicted octanol–water partition coefficient (Wildman–Crippen LogP) is 13.4. The van der Waals surface area contributed by atoms with Crippen LogP contribution >= 0.6 is 0 Å². The first-order chi connectivity index (χ1) is 24.3. The highest BCUT2D eigenvalue weighted by atomic mass is 16.3. The SMILES string of the molecule is CC1(C)C2=C(C=CCC2)c2ccc(N(c3cccc(-c4ccccc4)c3)c3cccc4oc5cc6c(cc5c34)-c3ccccc3C6(C)C)cc21. The van der Waals surface area contributed by atoms with Crippen molar-refractivity contribution in [3.63, 3.8) is 0 Å². The molecule has 0 fully saturated rings. The summed E-state index contributed by atoms with van der Waals surface area (Å²) < 4.78 is 6.76. The van der Waals surface area contributed by atoms with Crippen LogP contribution in [0.25, 0.3) is 49.8 Å². The molecule has 7 aromatic rings. The zero-order valence-corrected chi connectivity index (χ0v) is 29.0. The van der Waals surface area contributed by atoms with E-state index < -0.39 is 0 Å². The Kier molecular flexibility index (Phi) is 6.13. The van der Waals surface area contributed by atoms with Crippen LogP contribution in [0.2, 0.25) is 0 Å². The van der Waals surface area contributed by atoms with Crippen LogP contribution in [-0.2, 0) is 10.8 Å². The van der Waals surface area contributed by atoms with E-state index in [1.54, 1.807) is 5.57 Å². The first kappa shape index (κ1) is 29.3. The molecule has 0 aliphatic heterocycles. The van der Waals surface area contributed by atoms with Crippen molar-refractivity contribution in [3.8, 4) is 22.3 Å². The van der Waals surface area contributed by atoms with Crippen molar-refractivity contribution in [1.29, 1.82) is 0 Å². The van der Waals surface area contributed by atoms with Gasteiger partial charge in [-0.2, -0.15) is 0 Å². The Labute approximate surface area is 294 Å². The summed E-state index contributed by atoms with van der Waals surface area (Å²) in [6.07, 6.45) is 6.92. The Balaban J connectivity index is 1.23. The van der Waals surface area contributed by atoms with E-state index in [2.05, 4.69) is 172 Å². The van der Waals surface area contributed by atoms with Gasteiger partial charge in [0, 0.05) is 27.6 Å². The van der Waals surface area contributed by atoms with E-state index in [1.165, 1.54) is 50.1 Å². The summed E-state index contributed by atoms with van der Waals surface area (Å²) in [6, 6.07) is 46.9. The van der Waals surface area contributed by atoms with Gasteiger partial charge < -0.3 is 9.32 Å². The average Bonchev–Trinajstić information content (AvgIpc) is 3.71. The first-order valence-corrected chi connectivity index (χ1v) is 17.9. The van der Waals surface area contributed by atoms with Crippen molar-refractivity contribution in [3.05, 3.63) is 167 Å². The van der Waals surface area contributed by atoms with E-state index in [4.69, 9.17) is 4.42 Å². The summed E-state index contributed by atoms with van der Waals surface area (Å²) >= 11 is 0. The quantitative estimate of drug-likeness (QED) is 0.189. The van der Waals surface area contributed by atoms with E-state index in [-0.39, 0.29) is 10.8 Å². The molecule has 50 heavy (non-hydrogen) atoms. The maximum atomic E-state index is 6.76. The fourth-order valence-electron chi connectivity index (χ4n) is 9.22. The minimum Gasteiger partial charge on any atom is -0.456 e. The summed E-state index contributed by atoms with van der Waals surface area (Å²) in [6.45, 7) is 9.47. The molecule has 1 aromatic heterocycles. The largest absolute Gasteiger partial charge is 0.456 e. The van der Waals surface area contributed by atoms with Gasteiger partial charge in [-0.15, -0.1) is 0 Å². The van der Waals surface area contributed by atoms with Gasteiger partial charge in [0.25, 0.3) is 0 Å². The molecule has 0 unspecified atom stereocenters. The Morgan fingerprint density at radius 3 is 2.20 bits per heavy atom. The van der Waals surface area contributed by atoms with Gasteiger partial charge in [-0.05, 0) is 111 Å². The molecule has 10 rings (SSSR count). The van der Waals surface area contributed by atoms with Crippen molar-refractivity contribution >= 4 is 44.6 Å². The van der Waals surface area contributed by atoms with Crippen LogP contribution in [0, 0.1) is 0 Å². The van der Waals surface area contributed by atoms with E-state index in [9.17, 15) is 0 Å². The average molecular weight is 646 g/mol. The summed E-state index contributed by atoms with van der Waals surface area (Å²) in [7, 11) is 0. The highest BCUT2D eigenvalue weighted by Crippen LogP contribution is 2.54. The lowest BCUT2D eigenvalue weighted by Gasteiger charge is -2.30. The fourth-order valence-corrected chi connectivity index (χ4v) is 9.22. The van der Waals surface area contributed by atoms with Crippen molar-refractivity contribution in [2.75, 3.05) is 4.90 Å². The Hall–Kier alpha value is -5.60. The molecular weight excluding hydrogens is 607 g/mol. The second-order valence-electron chi connectivity index (χ2n) is 15.3. The van der Waals surface area contributed by atoms with Gasteiger partial charge in [-0.25, -0.2) is 0 Å². The number of rotatable bonds is 4. The normalized spacial score (nSPS) is 16.4. The number of hydrogen-bond acceptors (Lipinski definition) is 2. The molecule has 3 aliphatic rings. The standard InChI is InChI=1S/C48H39NO/c1-47(2)39-20-10-8-18-34(39)36-25-24-33(27-41(36)47)49(32-17-12-16-31(26-32)30-14-6-5-7-15-30)43-22-13-23-44-46(43)38-28-37-35-19-9-11-21-40(35)48(3,4)42(37)29-45(38)50-44/h5-9,11-19,21-29H,10,20H2,1-4H3. The molecule has 0 N–H and O–H groups in total. The Morgan fingerprint density at radius 2 is 1.32 bits per heavy atom. The Bertz CT molecular complexity index is 2590. The van der Waals surface area contributed by atoms with Gasteiger partial charge in [0.05, 0.1) is 11.1 Å². The van der Waals surface area contributed by atoms with Gasteiger partial charge in [-0.3, -0.25) is 0 Å². The minimum absolute atomic E-state index is 0.0297. The number of furan rings is 1. The fraction of sp³-hybridized carbons (Fsp3) is 0.167. The molecule has 2 heteroatoms. The van der Waals surface area contributed by atoms with E-state index in [0.717, 1.165) is 51.8 Å². The molecular formula is C48H39NO. The van der Waals surface area contributed by atoms with Gasteiger partial charge in [0.2, 0.25) is 0 Å². The number of nitrogens with zero attached hydrogens (tertiary/aromatic N) is 1. The molecule has 0 radical (unpaired) electrons. The van der Waals surface area contributed by atoms with E-state index in [1.807, 2.05) is 0 Å². The monoisotopic (exact) mass is 645 g/mol. The third kappa shape index (κ3) is 4.08.